The van der Waals surface area contributed by atoms with Gasteiger partial charge in [-0.25, -0.2) is 0 Å². The third-order valence-electron chi connectivity index (χ3n) is 2.41. The Hall–Kier alpha value is -1.14. The summed E-state index contributed by atoms with van der Waals surface area (Å²) in [5, 5.41) is 2.82. The van der Waals surface area contributed by atoms with Crippen LogP contribution in [0.1, 0.15) is 5.56 Å². The number of amides is 1. The molecule has 2 aromatic carbocycles. The summed E-state index contributed by atoms with van der Waals surface area (Å²) in [6, 6.07) is 15.4. The molecule has 0 aliphatic rings. The molecule has 0 saturated carbocycles. The third-order valence-corrected chi connectivity index (χ3v) is 4.75. The fourth-order valence-electron chi connectivity index (χ4n) is 1.49. The van der Waals surface area contributed by atoms with Crippen molar-refractivity contribution in [3.8, 4) is 0 Å². The first-order valence-corrected chi connectivity index (χ1v) is 7.51. The first kappa shape index (κ1) is 14.3. The Morgan fingerprint density at radius 3 is 2.58 bits per heavy atom. The predicted molar refractivity (Wildman–Crippen MR) is 91.0 cm³/mol. The van der Waals surface area contributed by atoms with Crippen molar-refractivity contribution in [3.63, 3.8) is 0 Å². The summed E-state index contributed by atoms with van der Waals surface area (Å²) >= 11 is 5.66. The molecule has 0 bridgehead atoms. The lowest BCUT2D eigenvalue weighted by atomic mass is 10.2. The Labute approximate surface area is 134 Å². The molecule has 2 nitrogen and oxygen atoms in total. The van der Waals surface area contributed by atoms with Crippen LogP contribution in [0.15, 0.2) is 59.1 Å². The van der Waals surface area contributed by atoms with E-state index in [0.717, 1.165) is 19.3 Å². The van der Waals surface area contributed by atoms with E-state index >= 15 is 0 Å². The molecule has 0 saturated heterocycles. The molecule has 1 N–H and O–H groups in total. The van der Waals surface area contributed by atoms with Crippen LogP contribution in [0.2, 0.25) is 0 Å². The van der Waals surface area contributed by atoms with E-state index in [4.69, 9.17) is 0 Å². The fraction of sp³-hybridized carbons (Fsp3) is 0. The van der Waals surface area contributed by atoms with Crippen molar-refractivity contribution in [1.82, 2.24) is 0 Å². The quantitative estimate of drug-likeness (QED) is 0.558. The maximum absolute atomic E-state index is 11.8. The molecule has 0 atom stereocenters. The summed E-state index contributed by atoms with van der Waals surface area (Å²) in [5.74, 6) is -0.142. The van der Waals surface area contributed by atoms with Gasteiger partial charge in [-0.2, -0.15) is 0 Å². The molecule has 4 heteroatoms. The van der Waals surface area contributed by atoms with Crippen LogP contribution >= 0.6 is 38.5 Å². The van der Waals surface area contributed by atoms with Gasteiger partial charge in [-0.05, 0) is 68.4 Å². The Morgan fingerprint density at radius 1 is 1.16 bits per heavy atom. The zero-order chi connectivity index (χ0) is 13.7. The van der Waals surface area contributed by atoms with Gasteiger partial charge in [-0.3, -0.25) is 4.79 Å². The number of hydrogen-bond donors (Lipinski definition) is 1. The molecule has 0 unspecified atom stereocenters. The lowest BCUT2D eigenvalue weighted by Gasteiger charge is -2.03. The van der Waals surface area contributed by atoms with E-state index in [1.165, 1.54) is 6.08 Å². The number of halogens is 2. The predicted octanol–water partition coefficient (Wildman–Crippen LogP) is 4.71. The molecule has 0 aliphatic carbocycles. The molecule has 0 aliphatic heterocycles. The van der Waals surface area contributed by atoms with Gasteiger partial charge in [-0.1, -0.05) is 30.3 Å². The van der Waals surface area contributed by atoms with Gasteiger partial charge in [0.05, 0.1) is 0 Å². The summed E-state index contributed by atoms with van der Waals surface area (Å²) in [5.41, 5.74) is 1.77. The number of rotatable bonds is 3. The van der Waals surface area contributed by atoms with Gasteiger partial charge in [0.2, 0.25) is 5.91 Å². The van der Waals surface area contributed by atoms with Crippen molar-refractivity contribution in [2.24, 2.45) is 0 Å². The minimum Gasteiger partial charge on any atom is -0.322 e. The Bertz CT molecular complexity index is 611. The standard InChI is InChI=1S/C15H11BrINO/c16-13-10-12(7-8-14(13)17)18-15(19)9-6-11-4-2-1-3-5-11/h1-10H,(H,18,19)/b9-6+. The van der Waals surface area contributed by atoms with E-state index in [2.05, 4.69) is 43.8 Å². The van der Waals surface area contributed by atoms with Gasteiger partial charge in [0, 0.05) is 19.8 Å². The van der Waals surface area contributed by atoms with Crippen molar-refractivity contribution in [2.45, 2.75) is 0 Å². The first-order valence-electron chi connectivity index (χ1n) is 5.64. The van der Waals surface area contributed by atoms with Crippen LogP contribution in [0, 0.1) is 3.57 Å². The largest absolute Gasteiger partial charge is 0.322 e. The highest BCUT2D eigenvalue weighted by atomic mass is 127. The molecule has 0 heterocycles. The summed E-state index contributed by atoms with van der Waals surface area (Å²) in [6.07, 6.45) is 3.32. The van der Waals surface area contributed by atoms with Crippen LogP contribution in [0.5, 0.6) is 0 Å². The van der Waals surface area contributed by atoms with Crippen LogP contribution in [-0.4, -0.2) is 5.91 Å². The molecular weight excluding hydrogens is 417 g/mol. The Balaban J connectivity index is 2.01. The van der Waals surface area contributed by atoms with Crippen molar-refractivity contribution in [3.05, 3.63) is 68.2 Å². The maximum Gasteiger partial charge on any atom is 0.248 e. The van der Waals surface area contributed by atoms with Gasteiger partial charge in [-0.15, -0.1) is 0 Å². The summed E-state index contributed by atoms with van der Waals surface area (Å²) < 4.78 is 2.08. The van der Waals surface area contributed by atoms with Crippen LogP contribution < -0.4 is 5.32 Å². The second-order valence-electron chi connectivity index (χ2n) is 3.86. The normalized spacial score (nSPS) is 10.6. The van der Waals surface area contributed by atoms with Crippen molar-refractivity contribution < 1.29 is 4.79 Å². The van der Waals surface area contributed by atoms with Crippen LogP contribution in [0.25, 0.3) is 6.08 Å². The topological polar surface area (TPSA) is 29.1 Å². The Kier molecular flexibility index (Phi) is 5.15. The number of hydrogen-bond acceptors (Lipinski definition) is 1. The number of carbonyl (C=O) groups is 1. The number of benzene rings is 2. The highest BCUT2D eigenvalue weighted by Gasteiger charge is 2.01. The Morgan fingerprint density at radius 2 is 1.89 bits per heavy atom. The van der Waals surface area contributed by atoms with Crippen LogP contribution in [-0.2, 0) is 4.79 Å². The molecule has 0 radical (unpaired) electrons. The summed E-state index contributed by atoms with van der Waals surface area (Å²) in [6.45, 7) is 0. The lowest BCUT2D eigenvalue weighted by Crippen LogP contribution is -2.07. The van der Waals surface area contributed by atoms with E-state index in [1.54, 1.807) is 6.08 Å². The first-order chi connectivity index (χ1) is 9.15. The second-order valence-corrected chi connectivity index (χ2v) is 5.88. The monoisotopic (exact) mass is 427 g/mol. The molecule has 2 rings (SSSR count). The molecule has 2 aromatic rings. The fourth-order valence-corrected chi connectivity index (χ4v) is 2.21. The van der Waals surface area contributed by atoms with Gasteiger partial charge < -0.3 is 5.32 Å². The number of nitrogens with one attached hydrogen (secondary N) is 1. The van der Waals surface area contributed by atoms with E-state index in [1.807, 2.05) is 48.5 Å². The SMILES string of the molecule is O=C(/C=C/c1ccccc1)Nc1ccc(I)c(Br)c1. The van der Waals surface area contributed by atoms with Crippen molar-refractivity contribution in [1.29, 1.82) is 0 Å². The number of carbonyl (C=O) groups excluding carboxylic acids is 1. The highest BCUT2D eigenvalue weighted by molar-refractivity contribution is 14.1. The lowest BCUT2D eigenvalue weighted by molar-refractivity contribution is -0.111. The van der Waals surface area contributed by atoms with Gasteiger partial charge in [0.1, 0.15) is 0 Å². The summed E-state index contributed by atoms with van der Waals surface area (Å²) in [7, 11) is 0. The van der Waals surface area contributed by atoms with Gasteiger partial charge >= 0.3 is 0 Å². The van der Waals surface area contributed by atoms with E-state index in [0.29, 0.717) is 0 Å². The molecule has 19 heavy (non-hydrogen) atoms. The van der Waals surface area contributed by atoms with Crippen LogP contribution in [0.3, 0.4) is 0 Å². The van der Waals surface area contributed by atoms with E-state index in [-0.39, 0.29) is 5.91 Å². The maximum atomic E-state index is 11.8. The molecule has 96 valence electrons. The molecule has 1 amide bonds. The van der Waals surface area contributed by atoms with Crippen molar-refractivity contribution in [2.75, 3.05) is 5.32 Å². The smallest absolute Gasteiger partial charge is 0.248 e. The molecule has 0 aromatic heterocycles. The zero-order valence-corrected chi connectivity index (χ0v) is 13.7. The van der Waals surface area contributed by atoms with E-state index in [9.17, 15) is 4.79 Å². The zero-order valence-electron chi connectivity index (χ0n) is 9.94. The average Bonchev–Trinajstić information content (AvgIpc) is 2.42. The third kappa shape index (κ3) is 4.47. The van der Waals surface area contributed by atoms with Gasteiger partial charge in [0.15, 0.2) is 0 Å². The van der Waals surface area contributed by atoms with Gasteiger partial charge in [0.25, 0.3) is 0 Å². The summed E-state index contributed by atoms with van der Waals surface area (Å²) in [4.78, 5) is 11.8. The second kappa shape index (κ2) is 6.86. The number of anilines is 1. The van der Waals surface area contributed by atoms with E-state index < -0.39 is 0 Å². The molecular formula is C15H11BrINO. The highest BCUT2D eigenvalue weighted by Crippen LogP contribution is 2.22. The minimum atomic E-state index is -0.142. The van der Waals surface area contributed by atoms with Crippen molar-refractivity contribution >= 4 is 56.2 Å². The average molecular weight is 428 g/mol. The van der Waals surface area contributed by atoms with Crippen LogP contribution in [0.4, 0.5) is 5.69 Å². The minimum absolute atomic E-state index is 0.142. The molecule has 0 fully saturated rings. The molecule has 0 spiro atoms.